The van der Waals surface area contributed by atoms with Gasteiger partial charge in [-0.1, -0.05) is 12.2 Å². The van der Waals surface area contributed by atoms with Crippen molar-refractivity contribution in [2.45, 2.75) is 19.8 Å². The van der Waals surface area contributed by atoms with Crippen molar-refractivity contribution in [2.24, 2.45) is 0 Å². The molecule has 1 heterocycles. The van der Waals surface area contributed by atoms with Crippen molar-refractivity contribution in [3.8, 4) is 0 Å². The lowest BCUT2D eigenvalue weighted by molar-refractivity contribution is -0.134. The van der Waals surface area contributed by atoms with Gasteiger partial charge >= 0.3 is 0 Å². The van der Waals surface area contributed by atoms with Gasteiger partial charge in [0.15, 0.2) is 0 Å². The van der Waals surface area contributed by atoms with Crippen LogP contribution >= 0.6 is 0 Å². The Morgan fingerprint density at radius 1 is 1.43 bits per heavy atom. The molecule has 0 bridgehead atoms. The summed E-state index contributed by atoms with van der Waals surface area (Å²) in [6, 6.07) is 0. The van der Waals surface area contributed by atoms with Crippen LogP contribution in [-0.4, -0.2) is 16.7 Å². The summed E-state index contributed by atoms with van der Waals surface area (Å²) in [4.78, 5) is 23.8. The van der Waals surface area contributed by atoms with Crippen LogP contribution in [0.25, 0.3) is 0 Å². The Morgan fingerprint density at radius 3 is 2.43 bits per heavy atom. The molecule has 0 atom stereocenters. The molecule has 0 aromatic carbocycles. The summed E-state index contributed by atoms with van der Waals surface area (Å²) >= 11 is 0. The fraction of sp³-hybridized carbons (Fsp3) is 0.273. The molecular formula is C11H13NO2. The zero-order valence-corrected chi connectivity index (χ0v) is 8.19. The number of hydrogen-bond donors (Lipinski definition) is 0. The number of rotatable bonds is 4. The van der Waals surface area contributed by atoms with E-state index in [9.17, 15) is 9.59 Å². The van der Waals surface area contributed by atoms with Crippen LogP contribution < -0.4 is 0 Å². The van der Waals surface area contributed by atoms with E-state index in [1.807, 2.05) is 6.92 Å². The predicted octanol–water partition coefficient (Wildman–Crippen LogP) is 1.78. The molecular weight excluding hydrogens is 178 g/mol. The summed E-state index contributed by atoms with van der Waals surface area (Å²) < 4.78 is 0. The predicted molar refractivity (Wildman–Crippen MR) is 54.2 cm³/mol. The van der Waals surface area contributed by atoms with E-state index in [0.717, 1.165) is 12.1 Å². The molecule has 14 heavy (non-hydrogen) atoms. The molecule has 1 aliphatic heterocycles. The first-order valence-electron chi connectivity index (χ1n) is 4.53. The average Bonchev–Trinajstić information content (AvgIpc) is 2.50. The second kappa shape index (κ2) is 4.56. The molecule has 74 valence electrons. The average molecular weight is 191 g/mol. The highest BCUT2D eigenvalue weighted by molar-refractivity contribution is 6.14. The number of carbonyl (C=O) groups excluding carboxylic acids is 2. The maximum atomic E-state index is 11.3. The zero-order valence-electron chi connectivity index (χ0n) is 8.19. The van der Waals surface area contributed by atoms with E-state index in [0.29, 0.717) is 6.42 Å². The maximum absolute atomic E-state index is 11.3. The van der Waals surface area contributed by atoms with Gasteiger partial charge in [-0.05, 0) is 19.8 Å². The summed E-state index contributed by atoms with van der Waals surface area (Å²) in [7, 11) is 0. The van der Waals surface area contributed by atoms with Crippen molar-refractivity contribution in [3.63, 3.8) is 0 Å². The Kier molecular flexibility index (Phi) is 3.40. The largest absolute Gasteiger partial charge is 0.269 e. The van der Waals surface area contributed by atoms with Gasteiger partial charge in [-0.25, -0.2) is 4.90 Å². The number of imide groups is 1. The molecule has 0 aromatic rings. The van der Waals surface area contributed by atoms with Crippen molar-refractivity contribution >= 4 is 11.8 Å². The van der Waals surface area contributed by atoms with Gasteiger partial charge in [0.25, 0.3) is 11.8 Å². The molecule has 0 unspecified atom stereocenters. The van der Waals surface area contributed by atoms with E-state index in [2.05, 4.69) is 6.58 Å². The van der Waals surface area contributed by atoms with Crippen LogP contribution in [0.3, 0.4) is 0 Å². The van der Waals surface area contributed by atoms with Crippen LogP contribution in [-0.2, 0) is 9.59 Å². The quantitative estimate of drug-likeness (QED) is 0.501. The minimum atomic E-state index is -0.257. The minimum absolute atomic E-state index is 0.257. The molecule has 0 saturated heterocycles. The standard InChI is InChI=1S/C11H13NO2/c1-3-5-6-9(4-2)12-10(13)7-8-11(12)14/h3-4,7-8H,1,5-6H2,2H3/b9-4+. The van der Waals surface area contributed by atoms with Gasteiger partial charge in [-0.3, -0.25) is 9.59 Å². The van der Waals surface area contributed by atoms with Crippen molar-refractivity contribution in [3.05, 3.63) is 36.6 Å². The third kappa shape index (κ3) is 1.99. The zero-order chi connectivity index (χ0) is 10.6. The van der Waals surface area contributed by atoms with Crippen LogP contribution in [0.15, 0.2) is 36.6 Å². The summed E-state index contributed by atoms with van der Waals surface area (Å²) in [6.45, 7) is 5.42. The van der Waals surface area contributed by atoms with Crippen LogP contribution in [0, 0.1) is 0 Å². The third-order valence-corrected chi connectivity index (χ3v) is 2.03. The van der Waals surface area contributed by atoms with Crippen molar-refractivity contribution < 1.29 is 9.59 Å². The lowest BCUT2D eigenvalue weighted by Gasteiger charge is -2.16. The highest BCUT2D eigenvalue weighted by Crippen LogP contribution is 2.17. The molecule has 1 aliphatic rings. The van der Waals surface area contributed by atoms with E-state index in [4.69, 9.17) is 0 Å². The molecule has 0 spiro atoms. The van der Waals surface area contributed by atoms with E-state index >= 15 is 0 Å². The lowest BCUT2D eigenvalue weighted by atomic mass is 10.2. The van der Waals surface area contributed by atoms with Gasteiger partial charge in [0, 0.05) is 17.8 Å². The smallest absolute Gasteiger partial charge is 0.257 e. The number of carbonyl (C=O) groups is 2. The molecule has 3 nitrogen and oxygen atoms in total. The fourth-order valence-corrected chi connectivity index (χ4v) is 1.32. The van der Waals surface area contributed by atoms with E-state index in [1.165, 1.54) is 17.1 Å². The van der Waals surface area contributed by atoms with Gasteiger partial charge in [0.2, 0.25) is 0 Å². The molecule has 0 N–H and O–H groups in total. The van der Waals surface area contributed by atoms with Gasteiger partial charge in [0.1, 0.15) is 0 Å². The molecule has 1 rings (SSSR count). The lowest BCUT2D eigenvalue weighted by Crippen LogP contribution is -2.29. The molecule has 0 aromatic heterocycles. The van der Waals surface area contributed by atoms with E-state index in [-0.39, 0.29) is 11.8 Å². The van der Waals surface area contributed by atoms with Crippen LogP contribution in [0.4, 0.5) is 0 Å². The second-order valence-electron chi connectivity index (χ2n) is 2.95. The second-order valence-corrected chi connectivity index (χ2v) is 2.95. The number of allylic oxidation sites excluding steroid dienone is 3. The van der Waals surface area contributed by atoms with E-state index < -0.39 is 0 Å². The number of nitrogens with zero attached hydrogens (tertiary/aromatic N) is 1. The Morgan fingerprint density at radius 2 is 2.00 bits per heavy atom. The van der Waals surface area contributed by atoms with Crippen LogP contribution in [0.2, 0.25) is 0 Å². The fourth-order valence-electron chi connectivity index (χ4n) is 1.32. The molecule has 0 fully saturated rings. The Hall–Kier alpha value is -1.64. The molecule has 0 aliphatic carbocycles. The van der Waals surface area contributed by atoms with Crippen LogP contribution in [0.5, 0.6) is 0 Å². The summed E-state index contributed by atoms with van der Waals surface area (Å²) in [6.07, 6.45) is 7.56. The summed E-state index contributed by atoms with van der Waals surface area (Å²) in [5, 5.41) is 0. The van der Waals surface area contributed by atoms with Crippen molar-refractivity contribution in [1.29, 1.82) is 0 Å². The maximum Gasteiger partial charge on any atom is 0.257 e. The monoisotopic (exact) mass is 191 g/mol. The highest BCUT2D eigenvalue weighted by atomic mass is 16.2. The topological polar surface area (TPSA) is 37.4 Å². The summed E-state index contributed by atoms with van der Waals surface area (Å²) in [5.74, 6) is -0.515. The SMILES string of the molecule is C=CCC/C(=C\C)N1C(=O)C=CC1=O. The summed E-state index contributed by atoms with van der Waals surface area (Å²) in [5.41, 5.74) is 0.741. The normalized spacial score (nSPS) is 16.6. The van der Waals surface area contributed by atoms with Crippen LogP contribution in [0.1, 0.15) is 19.8 Å². The Balaban J connectivity index is 2.75. The minimum Gasteiger partial charge on any atom is -0.269 e. The first-order chi connectivity index (χ1) is 6.70. The van der Waals surface area contributed by atoms with Gasteiger partial charge < -0.3 is 0 Å². The molecule has 0 saturated carbocycles. The molecule has 0 radical (unpaired) electrons. The van der Waals surface area contributed by atoms with E-state index in [1.54, 1.807) is 12.2 Å². The Bertz CT molecular complexity index is 308. The van der Waals surface area contributed by atoms with Crippen molar-refractivity contribution in [2.75, 3.05) is 0 Å². The Labute approximate surface area is 83.4 Å². The van der Waals surface area contributed by atoms with Gasteiger partial charge in [-0.15, -0.1) is 6.58 Å². The number of amides is 2. The molecule has 2 amide bonds. The van der Waals surface area contributed by atoms with Gasteiger partial charge in [-0.2, -0.15) is 0 Å². The highest BCUT2D eigenvalue weighted by Gasteiger charge is 2.25. The first-order valence-corrected chi connectivity index (χ1v) is 4.53. The third-order valence-electron chi connectivity index (χ3n) is 2.03. The first kappa shape index (κ1) is 10.4. The molecule has 3 heteroatoms. The van der Waals surface area contributed by atoms with Crippen molar-refractivity contribution in [1.82, 2.24) is 4.90 Å². The number of hydrogen-bond acceptors (Lipinski definition) is 2. The van der Waals surface area contributed by atoms with Gasteiger partial charge in [0.05, 0.1) is 0 Å².